The predicted molar refractivity (Wildman–Crippen MR) is 65.7 cm³/mol. The van der Waals surface area contributed by atoms with Crippen molar-refractivity contribution >= 4 is 0 Å². The van der Waals surface area contributed by atoms with E-state index in [1.807, 2.05) is 7.05 Å². The van der Waals surface area contributed by atoms with Crippen LogP contribution >= 0.6 is 0 Å². The number of hydrogen-bond acceptors (Lipinski definition) is 1. The van der Waals surface area contributed by atoms with Gasteiger partial charge in [-0.3, -0.25) is 0 Å². The van der Waals surface area contributed by atoms with E-state index in [1.165, 1.54) is 50.5 Å². The highest BCUT2D eigenvalue weighted by Crippen LogP contribution is 2.11. The van der Waals surface area contributed by atoms with Crippen LogP contribution in [-0.2, 0) is 0 Å². The van der Waals surface area contributed by atoms with Crippen LogP contribution in [0.1, 0.15) is 58.8 Å². The number of rotatable bonds is 9. The topological polar surface area (TPSA) is 12.0 Å². The van der Waals surface area contributed by atoms with Crippen LogP contribution < -0.4 is 5.32 Å². The fourth-order valence-electron chi connectivity index (χ4n) is 1.77. The van der Waals surface area contributed by atoms with Crippen molar-refractivity contribution < 1.29 is 0 Å². The summed E-state index contributed by atoms with van der Waals surface area (Å²) >= 11 is 0. The third kappa shape index (κ3) is 7.14. The molecule has 0 bridgehead atoms. The maximum Gasteiger partial charge on any atom is 0.0271 e. The molecule has 14 heavy (non-hydrogen) atoms. The molecule has 1 heteroatoms. The largest absolute Gasteiger partial charge is 0.313 e. The average molecular weight is 197 g/mol. The summed E-state index contributed by atoms with van der Waals surface area (Å²) in [6, 6.07) is 0.529. The van der Waals surface area contributed by atoms with Crippen LogP contribution in [0.2, 0.25) is 0 Å². The molecule has 1 N–H and O–H groups in total. The van der Waals surface area contributed by atoms with Gasteiger partial charge in [-0.25, -0.2) is 0 Å². The van der Waals surface area contributed by atoms with Gasteiger partial charge in [0.25, 0.3) is 0 Å². The molecule has 0 aromatic carbocycles. The average Bonchev–Trinajstić information content (AvgIpc) is 2.16. The summed E-state index contributed by atoms with van der Waals surface area (Å²) in [5.41, 5.74) is 1.26. The molecule has 0 saturated heterocycles. The Morgan fingerprint density at radius 2 is 1.71 bits per heavy atom. The maximum atomic E-state index is 3.99. The van der Waals surface area contributed by atoms with Crippen molar-refractivity contribution in [3.8, 4) is 0 Å². The first-order chi connectivity index (χ1) is 6.72. The molecule has 0 aliphatic rings. The highest BCUT2D eigenvalue weighted by molar-refractivity contribution is 5.00. The van der Waals surface area contributed by atoms with E-state index in [2.05, 4.69) is 25.7 Å². The molecule has 0 amide bonds. The minimum Gasteiger partial charge on any atom is -0.313 e. The van der Waals surface area contributed by atoms with Gasteiger partial charge in [-0.05, 0) is 20.4 Å². The minimum absolute atomic E-state index is 0.529. The van der Waals surface area contributed by atoms with E-state index < -0.39 is 0 Å². The Morgan fingerprint density at radius 1 is 1.14 bits per heavy atom. The Kier molecular flexibility index (Phi) is 9.06. The van der Waals surface area contributed by atoms with E-state index in [0.717, 1.165) is 0 Å². The normalized spacial score (nSPS) is 12.8. The smallest absolute Gasteiger partial charge is 0.0271 e. The van der Waals surface area contributed by atoms with Gasteiger partial charge in [0.05, 0.1) is 0 Å². The molecular formula is C13H27N. The highest BCUT2D eigenvalue weighted by Gasteiger charge is 2.04. The Balaban J connectivity index is 3.29. The van der Waals surface area contributed by atoms with Crippen LogP contribution in [-0.4, -0.2) is 13.1 Å². The Morgan fingerprint density at radius 3 is 2.21 bits per heavy atom. The summed E-state index contributed by atoms with van der Waals surface area (Å²) in [4.78, 5) is 0. The van der Waals surface area contributed by atoms with Gasteiger partial charge in [-0.1, -0.05) is 57.6 Å². The first-order valence-corrected chi connectivity index (χ1v) is 6.05. The summed E-state index contributed by atoms with van der Waals surface area (Å²) in [6.07, 6.45) is 9.51. The molecule has 0 aromatic rings. The monoisotopic (exact) mass is 197 g/mol. The Labute approximate surface area is 90.0 Å². The highest BCUT2D eigenvalue weighted by atomic mass is 14.9. The fourth-order valence-corrected chi connectivity index (χ4v) is 1.77. The Hall–Kier alpha value is -0.300. The zero-order valence-electron chi connectivity index (χ0n) is 10.2. The van der Waals surface area contributed by atoms with Crippen molar-refractivity contribution in [2.45, 2.75) is 64.8 Å². The summed E-state index contributed by atoms with van der Waals surface area (Å²) in [5.74, 6) is 0. The number of unbranched alkanes of at least 4 members (excludes halogenated alkanes) is 5. The molecule has 1 atom stereocenters. The third-order valence-electron chi connectivity index (χ3n) is 2.79. The summed E-state index contributed by atoms with van der Waals surface area (Å²) < 4.78 is 0. The number of hydrogen-bond donors (Lipinski definition) is 1. The Bertz CT molecular complexity index is 140. The molecule has 1 nitrogen and oxygen atoms in total. The van der Waals surface area contributed by atoms with Gasteiger partial charge in [-0.15, -0.1) is 0 Å². The van der Waals surface area contributed by atoms with E-state index in [-0.39, 0.29) is 0 Å². The molecule has 0 spiro atoms. The van der Waals surface area contributed by atoms with E-state index in [9.17, 15) is 0 Å². The van der Waals surface area contributed by atoms with Crippen molar-refractivity contribution in [2.75, 3.05) is 7.05 Å². The van der Waals surface area contributed by atoms with Gasteiger partial charge >= 0.3 is 0 Å². The molecule has 0 aliphatic carbocycles. The van der Waals surface area contributed by atoms with Gasteiger partial charge in [0.2, 0.25) is 0 Å². The van der Waals surface area contributed by atoms with Crippen LogP contribution in [0.25, 0.3) is 0 Å². The third-order valence-corrected chi connectivity index (χ3v) is 2.79. The van der Waals surface area contributed by atoms with Crippen LogP contribution in [0, 0.1) is 0 Å². The molecule has 0 heterocycles. The standard InChI is InChI=1S/C13H27N/c1-5-6-7-8-9-10-11-13(14-4)12(2)3/h13-14H,2,5-11H2,1,3-4H3. The van der Waals surface area contributed by atoms with Crippen molar-refractivity contribution in [3.05, 3.63) is 12.2 Å². The van der Waals surface area contributed by atoms with Crippen LogP contribution in [0.15, 0.2) is 12.2 Å². The first kappa shape index (κ1) is 13.7. The second kappa shape index (κ2) is 9.26. The molecule has 84 valence electrons. The van der Waals surface area contributed by atoms with Gasteiger partial charge in [-0.2, -0.15) is 0 Å². The zero-order chi connectivity index (χ0) is 10.8. The lowest BCUT2D eigenvalue weighted by Crippen LogP contribution is -2.25. The minimum atomic E-state index is 0.529. The first-order valence-electron chi connectivity index (χ1n) is 6.05. The quantitative estimate of drug-likeness (QED) is 0.436. The lowest BCUT2D eigenvalue weighted by molar-refractivity contribution is 0.524. The van der Waals surface area contributed by atoms with Crippen molar-refractivity contribution in [2.24, 2.45) is 0 Å². The van der Waals surface area contributed by atoms with Crippen molar-refractivity contribution in [1.29, 1.82) is 0 Å². The van der Waals surface area contributed by atoms with Crippen molar-refractivity contribution in [3.63, 3.8) is 0 Å². The van der Waals surface area contributed by atoms with Gasteiger partial charge in [0.15, 0.2) is 0 Å². The number of likely N-dealkylation sites (N-methyl/N-ethyl adjacent to an activating group) is 1. The number of nitrogens with one attached hydrogen (secondary N) is 1. The molecule has 0 radical (unpaired) electrons. The maximum absolute atomic E-state index is 3.99. The van der Waals surface area contributed by atoms with Gasteiger partial charge in [0.1, 0.15) is 0 Å². The summed E-state index contributed by atoms with van der Waals surface area (Å²) in [5, 5.41) is 3.30. The van der Waals surface area contributed by atoms with E-state index in [1.54, 1.807) is 0 Å². The summed E-state index contributed by atoms with van der Waals surface area (Å²) in [7, 11) is 2.02. The van der Waals surface area contributed by atoms with E-state index >= 15 is 0 Å². The zero-order valence-corrected chi connectivity index (χ0v) is 10.2. The molecular weight excluding hydrogens is 170 g/mol. The molecule has 0 aromatic heterocycles. The van der Waals surface area contributed by atoms with Gasteiger partial charge < -0.3 is 5.32 Å². The predicted octanol–water partition coefficient (Wildman–Crippen LogP) is 3.90. The van der Waals surface area contributed by atoms with Crippen LogP contribution in [0.4, 0.5) is 0 Å². The molecule has 0 rings (SSSR count). The van der Waals surface area contributed by atoms with Gasteiger partial charge in [0, 0.05) is 6.04 Å². The molecule has 0 fully saturated rings. The molecule has 0 aliphatic heterocycles. The molecule has 0 saturated carbocycles. The second-order valence-electron chi connectivity index (χ2n) is 4.24. The molecule has 1 unspecified atom stereocenters. The fraction of sp³-hybridized carbons (Fsp3) is 0.846. The van der Waals surface area contributed by atoms with E-state index in [0.29, 0.717) is 6.04 Å². The second-order valence-corrected chi connectivity index (χ2v) is 4.24. The summed E-state index contributed by atoms with van der Waals surface area (Å²) in [6.45, 7) is 8.36. The SMILES string of the molecule is C=C(C)C(CCCCCCCC)NC. The van der Waals surface area contributed by atoms with Crippen molar-refractivity contribution in [1.82, 2.24) is 5.32 Å². The lowest BCUT2D eigenvalue weighted by Gasteiger charge is -2.15. The lowest BCUT2D eigenvalue weighted by atomic mass is 10.0. The van der Waals surface area contributed by atoms with Crippen LogP contribution in [0.3, 0.4) is 0 Å². The van der Waals surface area contributed by atoms with E-state index in [4.69, 9.17) is 0 Å². The van der Waals surface area contributed by atoms with Crippen LogP contribution in [0.5, 0.6) is 0 Å².